The summed E-state index contributed by atoms with van der Waals surface area (Å²) in [6.07, 6.45) is 7.12. The summed E-state index contributed by atoms with van der Waals surface area (Å²) in [5.41, 5.74) is 4.48. The number of hydrogen-bond acceptors (Lipinski definition) is 6. The standard InChI is InChI=1S/C31H44N3O4Si/c1-30(2,3)28(38-39(7)8)26-23(22-13-17-32-18-14-22)10-11-24-25(33-37-27(24)26)12-9-21-15-19-34(20-16-21)29(35)36-31(4,5)6/h10-11,13-14,17-18,21,28H,9,12,15-16,19-20H2,1-8H3. The van der Waals surface area contributed by atoms with Gasteiger partial charge in [-0.15, -0.1) is 0 Å². The first kappa shape index (κ1) is 29.3. The van der Waals surface area contributed by atoms with Crippen LogP contribution in [0.5, 0.6) is 0 Å². The maximum Gasteiger partial charge on any atom is 0.410 e. The van der Waals surface area contributed by atoms with E-state index in [0.29, 0.717) is 5.92 Å². The molecule has 0 spiro atoms. The number of ether oxygens (including phenoxy) is 1. The van der Waals surface area contributed by atoms with Crippen LogP contribution in [0.3, 0.4) is 0 Å². The van der Waals surface area contributed by atoms with E-state index in [2.05, 4.69) is 56.1 Å². The molecule has 1 aliphatic rings. The molecular weight excluding hydrogens is 506 g/mol. The molecule has 3 heterocycles. The van der Waals surface area contributed by atoms with Gasteiger partial charge in [0.25, 0.3) is 0 Å². The summed E-state index contributed by atoms with van der Waals surface area (Å²) in [6, 6.07) is 8.41. The zero-order valence-corrected chi connectivity index (χ0v) is 25.8. The molecule has 4 rings (SSSR count). The second-order valence-corrected chi connectivity index (χ2v) is 15.0. The Hall–Kier alpha value is -2.71. The summed E-state index contributed by atoms with van der Waals surface area (Å²) >= 11 is 0. The first-order valence-corrected chi connectivity index (χ1v) is 16.5. The Labute approximate surface area is 235 Å². The Kier molecular flexibility index (Phi) is 8.86. The molecule has 1 unspecified atom stereocenters. The van der Waals surface area contributed by atoms with E-state index in [1.807, 2.05) is 50.2 Å². The maximum atomic E-state index is 12.4. The predicted octanol–water partition coefficient (Wildman–Crippen LogP) is 7.82. The minimum Gasteiger partial charge on any atom is -0.444 e. The molecule has 1 radical (unpaired) electrons. The second kappa shape index (κ2) is 11.8. The van der Waals surface area contributed by atoms with Crippen molar-refractivity contribution in [3.05, 3.63) is 47.9 Å². The van der Waals surface area contributed by atoms with Gasteiger partial charge in [0.15, 0.2) is 5.58 Å². The molecule has 0 bridgehead atoms. The largest absolute Gasteiger partial charge is 0.444 e. The smallest absolute Gasteiger partial charge is 0.410 e. The second-order valence-electron chi connectivity index (χ2n) is 13.0. The van der Waals surface area contributed by atoms with Crippen LogP contribution in [0.25, 0.3) is 22.1 Å². The van der Waals surface area contributed by atoms with Gasteiger partial charge in [-0.25, -0.2) is 4.79 Å². The number of aromatic nitrogens is 2. The van der Waals surface area contributed by atoms with Gasteiger partial charge in [-0.2, -0.15) is 0 Å². The quantitative estimate of drug-likeness (QED) is 0.279. The van der Waals surface area contributed by atoms with Crippen LogP contribution in [-0.4, -0.2) is 48.9 Å². The topological polar surface area (TPSA) is 77.7 Å². The number of aryl methyl sites for hydroxylation is 1. The molecule has 1 fully saturated rings. The highest BCUT2D eigenvalue weighted by molar-refractivity contribution is 6.48. The van der Waals surface area contributed by atoms with Crippen molar-refractivity contribution in [2.24, 2.45) is 11.3 Å². The SMILES string of the molecule is C[Si](C)OC(c1c(-c2ccncc2)ccc2c(CCC3CCN(C(=O)OC(C)(C)C)CC3)noc12)C(C)(C)C. The zero-order chi connectivity index (χ0) is 28.4. The van der Waals surface area contributed by atoms with Crippen LogP contribution in [0.1, 0.15) is 78.2 Å². The first-order valence-electron chi connectivity index (χ1n) is 14.1. The first-order chi connectivity index (χ1) is 18.3. The van der Waals surface area contributed by atoms with E-state index >= 15 is 0 Å². The van der Waals surface area contributed by atoms with Gasteiger partial charge >= 0.3 is 6.09 Å². The Bertz CT molecular complexity index is 1250. The molecule has 1 atom stereocenters. The Morgan fingerprint density at radius 1 is 1.08 bits per heavy atom. The zero-order valence-electron chi connectivity index (χ0n) is 24.8. The molecule has 39 heavy (non-hydrogen) atoms. The highest BCUT2D eigenvalue weighted by Crippen LogP contribution is 2.45. The fourth-order valence-electron chi connectivity index (χ4n) is 5.27. The number of nitrogens with zero attached hydrogens (tertiary/aromatic N) is 3. The van der Waals surface area contributed by atoms with Gasteiger partial charge in [-0.05, 0) is 100 Å². The van der Waals surface area contributed by atoms with Gasteiger partial charge in [-0.3, -0.25) is 4.98 Å². The predicted molar refractivity (Wildman–Crippen MR) is 157 cm³/mol. The molecule has 8 heteroatoms. The number of rotatable bonds is 7. The van der Waals surface area contributed by atoms with Gasteiger partial charge in [-0.1, -0.05) is 32.0 Å². The molecule has 0 N–H and O–H groups in total. The molecule has 1 saturated heterocycles. The summed E-state index contributed by atoms with van der Waals surface area (Å²) in [4.78, 5) is 18.5. The number of benzene rings is 1. The van der Waals surface area contributed by atoms with Gasteiger partial charge in [0.2, 0.25) is 9.04 Å². The minimum atomic E-state index is -0.978. The third-order valence-electron chi connectivity index (χ3n) is 7.20. The van der Waals surface area contributed by atoms with E-state index in [-0.39, 0.29) is 17.6 Å². The number of hydrogen-bond donors (Lipinski definition) is 0. The Balaban J connectivity index is 1.57. The van der Waals surface area contributed by atoms with E-state index in [4.69, 9.17) is 13.7 Å². The summed E-state index contributed by atoms with van der Waals surface area (Å²) in [5.74, 6) is 0.544. The molecular formula is C31H44N3O4Si. The van der Waals surface area contributed by atoms with Crippen molar-refractivity contribution in [1.82, 2.24) is 15.0 Å². The summed E-state index contributed by atoms with van der Waals surface area (Å²) in [6.45, 7) is 18.2. The summed E-state index contributed by atoms with van der Waals surface area (Å²) in [7, 11) is -0.978. The van der Waals surface area contributed by atoms with Crippen LogP contribution in [0.2, 0.25) is 13.1 Å². The van der Waals surface area contributed by atoms with Gasteiger partial charge in [0.1, 0.15) is 5.60 Å². The van der Waals surface area contributed by atoms with E-state index in [0.717, 1.165) is 72.1 Å². The van der Waals surface area contributed by atoms with Crippen molar-refractivity contribution in [3.63, 3.8) is 0 Å². The number of pyridine rings is 1. The average Bonchev–Trinajstić information content (AvgIpc) is 3.28. The lowest BCUT2D eigenvalue weighted by Gasteiger charge is -2.34. The van der Waals surface area contributed by atoms with Crippen molar-refractivity contribution in [2.45, 2.75) is 92.0 Å². The van der Waals surface area contributed by atoms with Crippen molar-refractivity contribution >= 4 is 26.1 Å². The monoisotopic (exact) mass is 550 g/mol. The third kappa shape index (κ3) is 7.28. The van der Waals surface area contributed by atoms with E-state index in [1.54, 1.807) is 0 Å². The number of piperidine rings is 1. The molecule has 1 aliphatic heterocycles. The lowest BCUT2D eigenvalue weighted by atomic mass is 9.81. The lowest BCUT2D eigenvalue weighted by molar-refractivity contribution is 0.0181. The third-order valence-corrected chi connectivity index (χ3v) is 7.91. The fraction of sp³-hybridized carbons (Fsp3) is 0.581. The van der Waals surface area contributed by atoms with Crippen LogP contribution in [0.15, 0.2) is 41.2 Å². The van der Waals surface area contributed by atoms with E-state index < -0.39 is 14.6 Å². The number of carbonyl (C=O) groups excluding carboxylic acids is 1. The van der Waals surface area contributed by atoms with Crippen molar-refractivity contribution < 1.29 is 18.5 Å². The van der Waals surface area contributed by atoms with E-state index in [1.165, 1.54) is 0 Å². The number of amides is 1. The highest BCUT2D eigenvalue weighted by Gasteiger charge is 2.34. The lowest BCUT2D eigenvalue weighted by Crippen LogP contribution is -2.41. The normalized spacial score (nSPS) is 16.2. The van der Waals surface area contributed by atoms with Crippen molar-refractivity contribution in [1.29, 1.82) is 0 Å². The number of likely N-dealkylation sites (tertiary alicyclic amines) is 1. The van der Waals surface area contributed by atoms with Crippen LogP contribution < -0.4 is 0 Å². The highest BCUT2D eigenvalue weighted by atomic mass is 28.3. The fourth-order valence-corrected chi connectivity index (χ4v) is 6.22. The average molecular weight is 551 g/mol. The molecule has 2 aromatic heterocycles. The molecule has 1 aromatic carbocycles. The van der Waals surface area contributed by atoms with Crippen molar-refractivity contribution in [3.8, 4) is 11.1 Å². The number of fused-ring (bicyclic) bond motifs is 1. The van der Waals surface area contributed by atoms with Gasteiger partial charge < -0.3 is 18.6 Å². The molecule has 3 aromatic rings. The van der Waals surface area contributed by atoms with Crippen LogP contribution >= 0.6 is 0 Å². The molecule has 1 amide bonds. The Morgan fingerprint density at radius 2 is 1.74 bits per heavy atom. The van der Waals surface area contributed by atoms with Crippen molar-refractivity contribution in [2.75, 3.05) is 13.1 Å². The molecule has 7 nitrogen and oxygen atoms in total. The van der Waals surface area contributed by atoms with Gasteiger partial charge in [0, 0.05) is 36.4 Å². The minimum absolute atomic E-state index is 0.132. The molecule has 0 saturated carbocycles. The molecule has 0 aliphatic carbocycles. The molecule has 211 valence electrons. The summed E-state index contributed by atoms with van der Waals surface area (Å²) in [5, 5.41) is 5.65. The Morgan fingerprint density at radius 3 is 2.33 bits per heavy atom. The maximum absolute atomic E-state index is 12.4. The van der Waals surface area contributed by atoms with E-state index in [9.17, 15) is 4.79 Å². The summed E-state index contributed by atoms with van der Waals surface area (Å²) < 4.78 is 18.3. The van der Waals surface area contributed by atoms with Gasteiger partial charge in [0.05, 0.1) is 11.8 Å². The van der Waals surface area contributed by atoms with Crippen LogP contribution in [0, 0.1) is 11.3 Å². The number of carbonyl (C=O) groups is 1. The van der Waals surface area contributed by atoms with Crippen LogP contribution in [0.4, 0.5) is 4.79 Å². The van der Waals surface area contributed by atoms with Crippen LogP contribution in [-0.2, 0) is 15.6 Å².